The highest BCUT2D eigenvalue weighted by atomic mass is 16.5. The monoisotopic (exact) mass is 275 g/mol. The summed E-state index contributed by atoms with van der Waals surface area (Å²) in [5.41, 5.74) is 4.73. The summed E-state index contributed by atoms with van der Waals surface area (Å²) in [6.45, 7) is 8.32. The molecule has 0 bridgehead atoms. The first-order valence-corrected chi connectivity index (χ1v) is 8.14. The van der Waals surface area contributed by atoms with Crippen LogP contribution in [0.5, 0.6) is 5.75 Å². The van der Waals surface area contributed by atoms with Gasteiger partial charge < -0.3 is 10.1 Å². The van der Waals surface area contributed by atoms with Crippen molar-refractivity contribution in [2.75, 3.05) is 13.7 Å². The molecule has 0 radical (unpaired) electrons. The molecule has 0 unspecified atom stereocenters. The first-order chi connectivity index (χ1) is 9.75. The molecule has 1 N–H and O–H groups in total. The molecule has 1 aliphatic carbocycles. The highest BCUT2D eigenvalue weighted by molar-refractivity contribution is 5.47. The van der Waals surface area contributed by atoms with E-state index in [9.17, 15) is 0 Å². The van der Waals surface area contributed by atoms with E-state index in [2.05, 4.69) is 24.4 Å². The second-order valence-electron chi connectivity index (χ2n) is 5.92. The minimum absolute atomic E-state index is 0.406. The van der Waals surface area contributed by atoms with Crippen molar-refractivity contribution in [1.82, 2.24) is 5.32 Å². The molecule has 2 nitrogen and oxygen atoms in total. The van der Waals surface area contributed by atoms with E-state index < -0.39 is 0 Å². The van der Waals surface area contributed by atoms with Crippen LogP contribution in [0.15, 0.2) is 12.1 Å². The van der Waals surface area contributed by atoms with Crippen LogP contribution >= 0.6 is 0 Å². The summed E-state index contributed by atoms with van der Waals surface area (Å²) < 4.78 is 5.46. The fraction of sp³-hybridized carbons (Fsp3) is 0.667. The van der Waals surface area contributed by atoms with Gasteiger partial charge in [0.2, 0.25) is 0 Å². The molecule has 2 heteroatoms. The molecule has 112 valence electrons. The maximum atomic E-state index is 5.46. The average molecular weight is 275 g/mol. The standard InChI is InChI=1S/C16H23NO.C2H6/c1-12-8-14-13(9-15(12)18-2)10-17-11-16(14)6-4-3-5-7-16;1-2/h8-9,17H,3-7,10-11H2,1-2H3;1-2H3. The van der Waals surface area contributed by atoms with E-state index in [0.717, 1.165) is 18.8 Å². The first kappa shape index (κ1) is 15.4. The first-order valence-electron chi connectivity index (χ1n) is 8.14. The summed E-state index contributed by atoms with van der Waals surface area (Å²) in [7, 11) is 1.77. The molecule has 1 saturated carbocycles. The third-order valence-corrected chi connectivity index (χ3v) is 4.78. The molecule has 1 aromatic carbocycles. The van der Waals surface area contributed by atoms with E-state index in [4.69, 9.17) is 4.74 Å². The second-order valence-corrected chi connectivity index (χ2v) is 5.92. The Morgan fingerprint density at radius 3 is 2.45 bits per heavy atom. The molecule has 0 saturated heterocycles. The minimum Gasteiger partial charge on any atom is -0.496 e. The number of fused-ring (bicyclic) bond motifs is 2. The average Bonchev–Trinajstić information content (AvgIpc) is 2.51. The Kier molecular flexibility index (Phi) is 5.09. The Labute approximate surface area is 123 Å². The van der Waals surface area contributed by atoms with Gasteiger partial charge in [0.25, 0.3) is 0 Å². The Morgan fingerprint density at radius 1 is 1.10 bits per heavy atom. The lowest BCUT2D eigenvalue weighted by atomic mass is 9.66. The van der Waals surface area contributed by atoms with Crippen LogP contribution in [0.3, 0.4) is 0 Å². The van der Waals surface area contributed by atoms with Gasteiger partial charge in [-0.05, 0) is 42.5 Å². The van der Waals surface area contributed by atoms with Crippen LogP contribution in [-0.2, 0) is 12.0 Å². The minimum atomic E-state index is 0.406. The molecule has 1 aliphatic heterocycles. The van der Waals surface area contributed by atoms with Crippen molar-refractivity contribution in [3.05, 3.63) is 28.8 Å². The third kappa shape index (κ3) is 2.71. The highest BCUT2D eigenvalue weighted by Gasteiger charge is 2.37. The number of nitrogens with one attached hydrogen (secondary N) is 1. The fourth-order valence-corrected chi connectivity index (χ4v) is 3.80. The Balaban J connectivity index is 0.000000704. The predicted octanol–water partition coefficient (Wildman–Crippen LogP) is 4.33. The van der Waals surface area contributed by atoms with Crippen LogP contribution in [0, 0.1) is 6.92 Å². The Bertz CT molecular complexity index is 447. The molecule has 3 rings (SSSR count). The molecule has 0 aromatic heterocycles. The molecule has 0 amide bonds. The lowest BCUT2D eigenvalue weighted by molar-refractivity contribution is 0.264. The number of hydrogen-bond donors (Lipinski definition) is 1. The van der Waals surface area contributed by atoms with Gasteiger partial charge in [0, 0.05) is 18.5 Å². The van der Waals surface area contributed by atoms with Crippen LogP contribution in [-0.4, -0.2) is 13.7 Å². The van der Waals surface area contributed by atoms with Crippen LogP contribution < -0.4 is 10.1 Å². The van der Waals surface area contributed by atoms with E-state index >= 15 is 0 Å². The molecular weight excluding hydrogens is 246 g/mol. The molecule has 1 heterocycles. The van der Waals surface area contributed by atoms with Crippen molar-refractivity contribution in [2.45, 2.75) is 64.8 Å². The largest absolute Gasteiger partial charge is 0.496 e. The summed E-state index contributed by atoms with van der Waals surface area (Å²) in [6, 6.07) is 4.63. The van der Waals surface area contributed by atoms with Crippen LogP contribution in [0.4, 0.5) is 0 Å². The van der Waals surface area contributed by atoms with Crippen molar-refractivity contribution >= 4 is 0 Å². The number of rotatable bonds is 1. The number of methoxy groups -OCH3 is 1. The van der Waals surface area contributed by atoms with E-state index in [0.29, 0.717) is 5.41 Å². The predicted molar refractivity (Wildman–Crippen MR) is 85.5 cm³/mol. The van der Waals surface area contributed by atoms with Gasteiger partial charge in [-0.1, -0.05) is 39.2 Å². The van der Waals surface area contributed by atoms with Gasteiger partial charge >= 0.3 is 0 Å². The SMILES string of the molecule is CC.COc1cc2c(cc1C)C1(CCCCC1)CNC2. The quantitative estimate of drug-likeness (QED) is 0.823. The Morgan fingerprint density at radius 2 is 1.80 bits per heavy atom. The van der Waals surface area contributed by atoms with E-state index in [1.54, 1.807) is 12.7 Å². The van der Waals surface area contributed by atoms with Crippen molar-refractivity contribution < 1.29 is 4.74 Å². The second kappa shape index (κ2) is 6.62. The third-order valence-electron chi connectivity index (χ3n) is 4.78. The Hall–Kier alpha value is -1.02. The topological polar surface area (TPSA) is 21.3 Å². The summed E-state index contributed by atoms with van der Waals surface area (Å²) in [5.74, 6) is 1.03. The van der Waals surface area contributed by atoms with Crippen molar-refractivity contribution in [3.63, 3.8) is 0 Å². The molecule has 1 fully saturated rings. The smallest absolute Gasteiger partial charge is 0.122 e. The number of benzene rings is 1. The zero-order chi connectivity index (χ0) is 14.6. The van der Waals surface area contributed by atoms with Gasteiger partial charge in [0.05, 0.1) is 7.11 Å². The normalized spacial score (nSPS) is 19.8. The van der Waals surface area contributed by atoms with E-state index in [1.165, 1.54) is 43.2 Å². The number of ether oxygens (including phenoxy) is 1. The summed E-state index contributed by atoms with van der Waals surface area (Å²) in [6.07, 6.45) is 6.86. The maximum Gasteiger partial charge on any atom is 0.122 e. The van der Waals surface area contributed by atoms with Gasteiger partial charge in [-0.3, -0.25) is 0 Å². The fourth-order valence-electron chi connectivity index (χ4n) is 3.80. The van der Waals surface area contributed by atoms with Crippen LogP contribution in [0.2, 0.25) is 0 Å². The summed E-state index contributed by atoms with van der Waals surface area (Å²) in [5, 5.41) is 3.62. The highest BCUT2D eigenvalue weighted by Crippen LogP contribution is 2.43. The van der Waals surface area contributed by atoms with Crippen molar-refractivity contribution in [2.24, 2.45) is 0 Å². The zero-order valence-electron chi connectivity index (χ0n) is 13.5. The summed E-state index contributed by atoms with van der Waals surface area (Å²) in [4.78, 5) is 0. The van der Waals surface area contributed by atoms with Gasteiger partial charge in [-0.25, -0.2) is 0 Å². The molecule has 2 aliphatic rings. The summed E-state index contributed by atoms with van der Waals surface area (Å²) >= 11 is 0. The lowest BCUT2D eigenvalue weighted by Crippen LogP contribution is -2.44. The van der Waals surface area contributed by atoms with Crippen molar-refractivity contribution in [1.29, 1.82) is 0 Å². The molecule has 1 spiro atoms. The number of hydrogen-bond acceptors (Lipinski definition) is 2. The molecular formula is C18H29NO. The number of aryl methyl sites for hydroxylation is 1. The van der Waals surface area contributed by atoms with Gasteiger partial charge in [0.15, 0.2) is 0 Å². The zero-order valence-corrected chi connectivity index (χ0v) is 13.5. The van der Waals surface area contributed by atoms with E-state index in [-0.39, 0.29) is 0 Å². The lowest BCUT2D eigenvalue weighted by Gasteiger charge is -2.43. The van der Waals surface area contributed by atoms with Crippen molar-refractivity contribution in [3.8, 4) is 5.75 Å². The molecule has 20 heavy (non-hydrogen) atoms. The van der Waals surface area contributed by atoms with E-state index in [1.807, 2.05) is 13.8 Å². The van der Waals surface area contributed by atoms with Gasteiger partial charge in [0.1, 0.15) is 5.75 Å². The van der Waals surface area contributed by atoms with Crippen LogP contribution in [0.25, 0.3) is 0 Å². The molecule has 1 aromatic rings. The van der Waals surface area contributed by atoms with Gasteiger partial charge in [-0.15, -0.1) is 0 Å². The molecule has 0 atom stereocenters. The van der Waals surface area contributed by atoms with Gasteiger partial charge in [-0.2, -0.15) is 0 Å². The maximum absolute atomic E-state index is 5.46. The van der Waals surface area contributed by atoms with Crippen LogP contribution in [0.1, 0.15) is 62.6 Å².